The van der Waals surface area contributed by atoms with Gasteiger partial charge in [-0.1, -0.05) is 18.2 Å². The standard InChI is InChI=1S/C16H18N4OS/c21-16(7-9-22-14-4-2-1-3-5-14)20-10-13(11-20)19-15-6-8-17-12-18-15/h1-6,8,12-13H,7,9-11H2,(H,17,18,19). The SMILES string of the molecule is O=C(CCSc1ccccc1)N1CC(Nc2ccncn2)C1. The molecule has 1 aliphatic heterocycles. The van der Waals surface area contributed by atoms with Crippen molar-refractivity contribution in [2.24, 2.45) is 0 Å². The number of nitrogens with one attached hydrogen (secondary N) is 1. The minimum atomic E-state index is 0.226. The van der Waals surface area contributed by atoms with Crippen molar-refractivity contribution >= 4 is 23.5 Å². The van der Waals surface area contributed by atoms with E-state index in [4.69, 9.17) is 0 Å². The summed E-state index contributed by atoms with van der Waals surface area (Å²) in [6, 6.07) is 12.3. The lowest BCUT2D eigenvalue weighted by molar-refractivity contribution is -0.134. The van der Waals surface area contributed by atoms with Crippen LogP contribution in [-0.4, -0.2) is 45.7 Å². The summed E-state index contributed by atoms with van der Waals surface area (Å²) in [5.74, 6) is 1.86. The molecule has 1 aromatic carbocycles. The van der Waals surface area contributed by atoms with Gasteiger partial charge in [-0.25, -0.2) is 9.97 Å². The fourth-order valence-electron chi connectivity index (χ4n) is 2.29. The lowest BCUT2D eigenvalue weighted by Crippen LogP contribution is -2.57. The van der Waals surface area contributed by atoms with Crippen LogP contribution in [0.5, 0.6) is 0 Å². The van der Waals surface area contributed by atoms with Crippen molar-refractivity contribution in [3.8, 4) is 0 Å². The lowest BCUT2D eigenvalue weighted by atomic mass is 10.1. The fourth-order valence-corrected chi connectivity index (χ4v) is 3.15. The Morgan fingerprint density at radius 3 is 2.82 bits per heavy atom. The first-order valence-corrected chi connectivity index (χ1v) is 8.28. The van der Waals surface area contributed by atoms with E-state index in [9.17, 15) is 4.79 Å². The van der Waals surface area contributed by atoms with Crippen LogP contribution in [0.15, 0.2) is 53.8 Å². The fraction of sp³-hybridized carbons (Fsp3) is 0.312. The Hall–Kier alpha value is -2.08. The topological polar surface area (TPSA) is 58.1 Å². The summed E-state index contributed by atoms with van der Waals surface area (Å²) in [5, 5.41) is 3.29. The monoisotopic (exact) mass is 314 g/mol. The van der Waals surface area contributed by atoms with E-state index in [0.717, 1.165) is 24.7 Å². The lowest BCUT2D eigenvalue weighted by Gasteiger charge is -2.39. The molecule has 1 aromatic heterocycles. The first kappa shape index (κ1) is 14.8. The van der Waals surface area contributed by atoms with Gasteiger partial charge >= 0.3 is 0 Å². The van der Waals surface area contributed by atoms with Crippen molar-refractivity contribution in [2.75, 3.05) is 24.2 Å². The Balaban J connectivity index is 1.35. The maximum Gasteiger partial charge on any atom is 0.223 e. The van der Waals surface area contributed by atoms with Gasteiger partial charge in [-0.3, -0.25) is 4.79 Å². The number of likely N-dealkylation sites (tertiary alicyclic amines) is 1. The number of nitrogens with zero attached hydrogens (tertiary/aromatic N) is 3. The summed E-state index contributed by atoms with van der Waals surface area (Å²) >= 11 is 1.72. The van der Waals surface area contributed by atoms with E-state index in [1.807, 2.05) is 29.2 Å². The van der Waals surface area contributed by atoms with Crippen molar-refractivity contribution in [1.29, 1.82) is 0 Å². The summed E-state index contributed by atoms with van der Waals surface area (Å²) in [4.78, 5) is 23.2. The second-order valence-corrected chi connectivity index (χ2v) is 6.31. The summed E-state index contributed by atoms with van der Waals surface area (Å²) in [6.07, 6.45) is 3.81. The minimum Gasteiger partial charge on any atom is -0.364 e. The Kier molecular flexibility index (Phi) is 4.90. The van der Waals surface area contributed by atoms with E-state index in [1.165, 1.54) is 11.2 Å². The average molecular weight is 314 g/mol. The molecule has 1 fully saturated rings. The molecule has 0 aliphatic carbocycles. The third kappa shape index (κ3) is 3.98. The minimum absolute atomic E-state index is 0.226. The molecule has 0 saturated carbocycles. The van der Waals surface area contributed by atoms with Crippen LogP contribution in [0.1, 0.15) is 6.42 Å². The number of benzene rings is 1. The highest BCUT2D eigenvalue weighted by atomic mass is 32.2. The van der Waals surface area contributed by atoms with Gasteiger partial charge in [0.25, 0.3) is 0 Å². The highest BCUT2D eigenvalue weighted by molar-refractivity contribution is 7.99. The van der Waals surface area contributed by atoms with Gasteiger partial charge in [0.15, 0.2) is 0 Å². The van der Waals surface area contributed by atoms with E-state index >= 15 is 0 Å². The van der Waals surface area contributed by atoms with Crippen LogP contribution in [-0.2, 0) is 4.79 Å². The van der Waals surface area contributed by atoms with Gasteiger partial charge in [0.05, 0.1) is 6.04 Å². The summed E-state index contributed by atoms with van der Waals surface area (Å²) in [7, 11) is 0. The molecule has 0 bridgehead atoms. The Morgan fingerprint density at radius 2 is 2.09 bits per heavy atom. The largest absolute Gasteiger partial charge is 0.364 e. The molecule has 2 heterocycles. The molecule has 2 aromatic rings. The number of hydrogen-bond acceptors (Lipinski definition) is 5. The molecule has 6 heteroatoms. The Morgan fingerprint density at radius 1 is 1.27 bits per heavy atom. The zero-order valence-electron chi connectivity index (χ0n) is 12.2. The van der Waals surface area contributed by atoms with Crippen molar-refractivity contribution in [3.63, 3.8) is 0 Å². The number of carbonyl (C=O) groups is 1. The van der Waals surface area contributed by atoms with Gasteiger partial charge in [0.2, 0.25) is 5.91 Å². The first-order valence-electron chi connectivity index (χ1n) is 7.29. The predicted octanol–water partition coefficient (Wildman–Crippen LogP) is 2.28. The molecule has 3 rings (SSSR count). The molecule has 0 atom stereocenters. The number of aromatic nitrogens is 2. The van der Waals surface area contributed by atoms with E-state index in [-0.39, 0.29) is 5.91 Å². The summed E-state index contributed by atoms with van der Waals surface area (Å²) in [6.45, 7) is 1.50. The van der Waals surface area contributed by atoms with E-state index < -0.39 is 0 Å². The van der Waals surface area contributed by atoms with Crippen molar-refractivity contribution in [3.05, 3.63) is 48.9 Å². The first-order chi connectivity index (χ1) is 10.8. The van der Waals surface area contributed by atoms with Crippen LogP contribution in [0.25, 0.3) is 0 Å². The molecule has 114 valence electrons. The number of amides is 1. The normalized spacial score (nSPS) is 14.5. The number of hydrogen-bond donors (Lipinski definition) is 1. The zero-order valence-corrected chi connectivity index (χ0v) is 13.0. The molecule has 0 radical (unpaired) electrons. The van der Waals surface area contributed by atoms with Crippen LogP contribution in [0.4, 0.5) is 5.82 Å². The average Bonchev–Trinajstić information content (AvgIpc) is 2.52. The van der Waals surface area contributed by atoms with Gasteiger partial charge < -0.3 is 10.2 Å². The number of rotatable bonds is 6. The summed E-state index contributed by atoms with van der Waals surface area (Å²) in [5.41, 5.74) is 0. The maximum atomic E-state index is 12.1. The number of carbonyl (C=O) groups excluding carboxylic acids is 1. The Labute approximate surface area is 134 Å². The van der Waals surface area contributed by atoms with Crippen LogP contribution in [0.3, 0.4) is 0 Å². The van der Waals surface area contributed by atoms with E-state index in [0.29, 0.717) is 12.5 Å². The van der Waals surface area contributed by atoms with Crippen molar-refractivity contribution in [1.82, 2.24) is 14.9 Å². The van der Waals surface area contributed by atoms with Gasteiger partial charge in [-0.2, -0.15) is 0 Å². The predicted molar refractivity (Wildman–Crippen MR) is 87.8 cm³/mol. The van der Waals surface area contributed by atoms with E-state index in [1.54, 1.807) is 18.0 Å². The molecule has 0 unspecified atom stereocenters. The van der Waals surface area contributed by atoms with Crippen molar-refractivity contribution in [2.45, 2.75) is 17.4 Å². The second-order valence-electron chi connectivity index (χ2n) is 5.15. The molecule has 0 spiro atoms. The molecular formula is C16H18N4OS. The molecule has 1 saturated heterocycles. The van der Waals surface area contributed by atoms with Crippen LogP contribution in [0.2, 0.25) is 0 Å². The highest BCUT2D eigenvalue weighted by Crippen LogP contribution is 2.20. The van der Waals surface area contributed by atoms with Crippen molar-refractivity contribution < 1.29 is 4.79 Å². The smallest absolute Gasteiger partial charge is 0.223 e. The quantitative estimate of drug-likeness (QED) is 0.829. The third-order valence-corrected chi connectivity index (χ3v) is 4.51. The molecule has 22 heavy (non-hydrogen) atoms. The molecule has 1 amide bonds. The third-order valence-electron chi connectivity index (χ3n) is 3.50. The molecule has 1 aliphatic rings. The van der Waals surface area contributed by atoms with Crippen LogP contribution < -0.4 is 5.32 Å². The van der Waals surface area contributed by atoms with Gasteiger partial charge in [-0.05, 0) is 18.2 Å². The molecule has 5 nitrogen and oxygen atoms in total. The molecular weight excluding hydrogens is 296 g/mol. The number of thioether (sulfide) groups is 1. The van der Waals surface area contributed by atoms with Gasteiger partial charge in [-0.15, -0.1) is 11.8 Å². The van der Waals surface area contributed by atoms with E-state index in [2.05, 4.69) is 27.4 Å². The van der Waals surface area contributed by atoms with Gasteiger partial charge in [0.1, 0.15) is 12.1 Å². The summed E-state index contributed by atoms with van der Waals surface area (Å²) < 4.78 is 0. The molecule has 1 N–H and O–H groups in total. The maximum absolute atomic E-state index is 12.1. The highest BCUT2D eigenvalue weighted by Gasteiger charge is 2.30. The number of anilines is 1. The van der Waals surface area contributed by atoms with Crippen LogP contribution in [0, 0.1) is 0 Å². The second kappa shape index (κ2) is 7.26. The van der Waals surface area contributed by atoms with Gasteiger partial charge in [0, 0.05) is 36.4 Å². The zero-order chi connectivity index (χ0) is 15.2. The van der Waals surface area contributed by atoms with Crippen LogP contribution >= 0.6 is 11.8 Å². The Bertz CT molecular complexity index is 602.